The molecule has 1 aromatic heterocycles. The molecular weight excluding hydrogens is 196 g/mol. The van der Waals surface area contributed by atoms with Crippen molar-refractivity contribution >= 4 is 28.1 Å². The summed E-state index contributed by atoms with van der Waals surface area (Å²) in [6.45, 7) is 2.07. The van der Waals surface area contributed by atoms with Crippen LogP contribution in [-0.4, -0.2) is 30.6 Å². The van der Waals surface area contributed by atoms with E-state index >= 15 is 0 Å². The van der Waals surface area contributed by atoms with E-state index in [4.69, 9.17) is 16.3 Å². The van der Waals surface area contributed by atoms with Crippen LogP contribution in [0.5, 0.6) is 0 Å². The van der Waals surface area contributed by atoms with Crippen molar-refractivity contribution in [2.75, 3.05) is 31.0 Å². The topological polar surface area (TPSA) is 34.1 Å². The van der Waals surface area contributed by atoms with Crippen molar-refractivity contribution < 1.29 is 4.74 Å². The zero-order chi connectivity index (χ0) is 8.65. The van der Waals surface area contributed by atoms with Gasteiger partial charge in [-0.3, -0.25) is 0 Å². The predicted octanol–water partition coefficient (Wildman–Crippen LogP) is 1.81. The summed E-state index contributed by atoms with van der Waals surface area (Å²) in [6.07, 6.45) is 1.77. The summed E-state index contributed by atoms with van der Waals surface area (Å²) in [5.41, 5.74) is 0. The zero-order valence-corrected chi connectivity index (χ0v) is 8.20. The highest BCUT2D eigenvalue weighted by atomic mass is 35.5. The maximum Gasteiger partial charge on any atom is 0.182 e. The Morgan fingerprint density at radius 1 is 1.58 bits per heavy atom. The Labute approximate surface area is 80.7 Å². The number of ether oxygens (including phenoxy) is 1. The van der Waals surface area contributed by atoms with E-state index in [9.17, 15) is 0 Å². The van der Waals surface area contributed by atoms with Crippen molar-refractivity contribution in [1.82, 2.24) is 4.98 Å². The summed E-state index contributed by atoms with van der Waals surface area (Å²) in [5.74, 6) is 0.553. The molecule has 12 heavy (non-hydrogen) atoms. The number of nitrogens with zero attached hydrogens (tertiary/aromatic N) is 1. The smallest absolute Gasteiger partial charge is 0.182 e. The average Bonchev–Trinajstić information content (AvgIpc) is 2.57. The van der Waals surface area contributed by atoms with Crippen LogP contribution in [0.25, 0.3) is 0 Å². The molecule has 0 unspecified atom stereocenters. The Bertz CT molecular complexity index is 193. The Morgan fingerprint density at radius 3 is 3.17 bits per heavy atom. The molecule has 1 heterocycles. The van der Waals surface area contributed by atoms with Crippen LogP contribution >= 0.6 is 22.9 Å². The highest BCUT2D eigenvalue weighted by Crippen LogP contribution is 2.08. The summed E-state index contributed by atoms with van der Waals surface area (Å²) >= 11 is 7.01. The van der Waals surface area contributed by atoms with Crippen molar-refractivity contribution in [3.8, 4) is 0 Å². The number of thiazole rings is 1. The van der Waals surface area contributed by atoms with Gasteiger partial charge in [0, 0.05) is 24.0 Å². The van der Waals surface area contributed by atoms with Crippen LogP contribution < -0.4 is 5.32 Å². The fraction of sp³-hybridized carbons (Fsp3) is 0.571. The lowest BCUT2D eigenvalue weighted by molar-refractivity contribution is 0.160. The highest BCUT2D eigenvalue weighted by Gasteiger charge is 1.91. The number of nitrogens with one attached hydrogen (secondary N) is 1. The van der Waals surface area contributed by atoms with E-state index in [-0.39, 0.29) is 0 Å². The number of alkyl halides is 1. The molecule has 3 nitrogen and oxygen atoms in total. The second-order valence-electron chi connectivity index (χ2n) is 2.07. The molecule has 1 N–H and O–H groups in total. The first-order valence-electron chi connectivity index (χ1n) is 3.70. The third kappa shape index (κ3) is 3.90. The second-order valence-corrected chi connectivity index (χ2v) is 3.34. The molecule has 0 atom stereocenters. The van der Waals surface area contributed by atoms with Gasteiger partial charge in [-0.25, -0.2) is 4.98 Å². The van der Waals surface area contributed by atoms with Crippen LogP contribution in [0.1, 0.15) is 0 Å². The van der Waals surface area contributed by atoms with Crippen LogP contribution in [0.4, 0.5) is 5.13 Å². The highest BCUT2D eigenvalue weighted by molar-refractivity contribution is 7.13. The van der Waals surface area contributed by atoms with Crippen molar-refractivity contribution in [2.24, 2.45) is 0 Å². The fourth-order valence-electron chi connectivity index (χ4n) is 0.697. The van der Waals surface area contributed by atoms with Crippen molar-refractivity contribution in [3.05, 3.63) is 11.6 Å². The predicted molar refractivity (Wildman–Crippen MR) is 52.1 cm³/mol. The van der Waals surface area contributed by atoms with E-state index < -0.39 is 0 Å². The second kappa shape index (κ2) is 6.22. The maximum atomic E-state index is 5.42. The van der Waals surface area contributed by atoms with Gasteiger partial charge in [-0.05, 0) is 0 Å². The summed E-state index contributed by atoms with van der Waals surface area (Å²) in [4.78, 5) is 4.06. The molecule has 0 radical (unpaired) electrons. The van der Waals surface area contributed by atoms with Crippen LogP contribution in [-0.2, 0) is 4.74 Å². The first-order valence-corrected chi connectivity index (χ1v) is 5.12. The fourth-order valence-corrected chi connectivity index (χ4v) is 1.36. The Hall–Kier alpha value is -0.320. The van der Waals surface area contributed by atoms with Gasteiger partial charge in [0.2, 0.25) is 0 Å². The molecule has 68 valence electrons. The minimum atomic E-state index is 0.553. The van der Waals surface area contributed by atoms with Crippen LogP contribution in [0, 0.1) is 0 Å². The van der Waals surface area contributed by atoms with Gasteiger partial charge in [-0.2, -0.15) is 0 Å². The first-order chi connectivity index (χ1) is 5.93. The average molecular weight is 207 g/mol. The number of halogens is 1. The lowest BCUT2D eigenvalue weighted by Crippen LogP contribution is -2.10. The molecule has 0 aliphatic heterocycles. The Kier molecular flexibility index (Phi) is 5.07. The largest absolute Gasteiger partial charge is 0.378 e. The Balaban J connectivity index is 1.96. The van der Waals surface area contributed by atoms with Crippen molar-refractivity contribution in [2.45, 2.75) is 0 Å². The van der Waals surface area contributed by atoms with E-state index in [2.05, 4.69) is 10.3 Å². The molecule has 0 spiro atoms. The van der Waals surface area contributed by atoms with E-state index in [1.54, 1.807) is 17.5 Å². The molecule has 5 heteroatoms. The molecule has 0 bridgehead atoms. The van der Waals surface area contributed by atoms with Crippen molar-refractivity contribution in [1.29, 1.82) is 0 Å². The van der Waals surface area contributed by atoms with Gasteiger partial charge in [0.15, 0.2) is 5.13 Å². The SMILES string of the molecule is ClCCOCCNc1nccs1. The monoisotopic (exact) mass is 206 g/mol. The molecule has 0 aliphatic carbocycles. The summed E-state index contributed by atoms with van der Waals surface area (Å²) in [5, 5.41) is 5.99. The summed E-state index contributed by atoms with van der Waals surface area (Å²) in [7, 11) is 0. The molecule has 0 saturated carbocycles. The van der Waals surface area contributed by atoms with E-state index in [1.165, 1.54) is 0 Å². The quantitative estimate of drug-likeness (QED) is 0.570. The van der Waals surface area contributed by atoms with Crippen molar-refractivity contribution in [3.63, 3.8) is 0 Å². The molecule has 0 aromatic carbocycles. The zero-order valence-electron chi connectivity index (χ0n) is 6.62. The molecule has 0 fully saturated rings. The van der Waals surface area contributed by atoms with Crippen LogP contribution in [0.3, 0.4) is 0 Å². The van der Waals surface area contributed by atoms with Gasteiger partial charge < -0.3 is 10.1 Å². The van der Waals surface area contributed by atoms with Gasteiger partial charge in [0.05, 0.1) is 13.2 Å². The maximum absolute atomic E-state index is 5.42. The van der Waals surface area contributed by atoms with Gasteiger partial charge in [0.25, 0.3) is 0 Å². The number of hydrogen-bond acceptors (Lipinski definition) is 4. The first kappa shape index (κ1) is 9.77. The van der Waals surface area contributed by atoms with Crippen LogP contribution in [0.2, 0.25) is 0 Å². The van der Waals surface area contributed by atoms with Gasteiger partial charge in [0.1, 0.15) is 0 Å². The number of rotatable bonds is 6. The molecule has 1 rings (SSSR count). The Morgan fingerprint density at radius 2 is 2.50 bits per heavy atom. The molecule has 0 aliphatic rings. The minimum Gasteiger partial charge on any atom is -0.378 e. The third-order valence-corrected chi connectivity index (χ3v) is 2.06. The standard InChI is InChI=1S/C7H11ClN2OS/c8-1-4-11-5-2-9-7-10-3-6-12-7/h3,6H,1-2,4-5H2,(H,9,10). The van der Waals surface area contributed by atoms with Gasteiger partial charge in [-0.15, -0.1) is 22.9 Å². The lowest BCUT2D eigenvalue weighted by Gasteiger charge is -2.02. The number of hydrogen-bond donors (Lipinski definition) is 1. The normalized spacial score (nSPS) is 10.1. The summed E-state index contributed by atoms with van der Waals surface area (Å²) in [6, 6.07) is 0. The molecule has 0 saturated heterocycles. The molecule has 0 amide bonds. The summed E-state index contributed by atoms with van der Waals surface area (Å²) < 4.78 is 5.16. The third-order valence-electron chi connectivity index (χ3n) is 1.18. The van der Waals surface area contributed by atoms with E-state index in [1.807, 2.05) is 5.38 Å². The van der Waals surface area contributed by atoms with Crippen LogP contribution in [0.15, 0.2) is 11.6 Å². The van der Waals surface area contributed by atoms with E-state index in [0.717, 1.165) is 11.7 Å². The lowest BCUT2D eigenvalue weighted by atomic mass is 10.7. The number of anilines is 1. The van der Waals surface area contributed by atoms with E-state index in [0.29, 0.717) is 19.1 Å². The minimum absolute atomic E-state index is 0.553. The van der Waals surface area contributed by atoms with Gasteiger partial charge >= 0.3 is 0 Å². The number of aromatic nitrogens is 1. The van der Waals surface area contributed by atoms with Gasteiger partial charge in [-0.1, -0.05) is 0 Å². The molecular formula is C7H11ClN2OS. The molecule has 1 aromatic rings.